The van der Waals surface area contributed by atoms with Gasteiger partial charge in [-0.25, -0.2) is 0 Å². The molecule has 2 saturated heterocycles. The standard InChI is InChI=1S/C12H24N2O/c1-11-3-7-14(8-6-13-11)12(2)4-9-15-10-5-12/h11,13H,3-10H2,1-2H3. The maximum absolute atomic E-state index is 5.47. The Balaban J connectivity index is 1.95. The van der Waals surface area contributed by atoms with Gasteiger partial charge >= 0.3 is 0 Å². The normalized spacial score (nSPS) is 33.6. The van der Waals surface area contributed by atoms with Crippen LogP contribution in [0, 0.1) is 0 Å². The molecule has 1 atom stereocenters. The van der Waals surface area contributed by atoms with Crippen LogP contribution in [-0.2, 0) is 4.74 Å². The van der Waals surface area contributed by atoms with Crippen LogP contribution in [0.15, 0.2) is 0 Å². The molecule has 0 aromatic rings. The van der Waals surface area contributed by atoms with Gasteiger partial charge in [0.25, 0.3) is 0 Å². The molecule has 2 aliphatic rings. The van der Waals surface area contributed by atoms with E-state index in [0.717, 1.165) is 19.8 Å². The molecule has 2 rings (SSSR count). The Morgan fingerprint density at radius 2 is 2.00 bits per heavy atom. The summed E-state index contributed by atoms with van der Waals surface area (Å²) in [6, 6.07) is 0.679. The minimum absolute atomic E-state index is 0.393. The Morgan fingerprint density at radius 1 is 1.27 bits per heavy atom. The van der Waals surface area contributed by atoms with E-state index in [1.165, 1.54) is 32.4 Å². The summed E-state index contributed by atoms with van der Waals surface area (Å²) in [5, 5.41) is 3.56. The fourth-order valence-electron chi connectivity index (χ4n) is 2.68. The zero-order valence-corrected chi connectivity index (χ0v) is 10.1. The van der Waals surface area contributed by atoms with Gasteiger partial charge in [0.2, 0.25) is 0 Å². The number of ether oxygens (including phenoxy) is 1. The molecule has 0 saturated carbocycles. The second-order valence-electron chi connectivity index (χ2n) is 5.24. The first kappa shape index (κ1) is 11.4. The highest BCUT2D eigenvalue weighted by Crippen LogP contribution is 2.28. The third-order valence-corrected chi connectivity index (χ3v) is 4.04. The lowest BCUT2D eigenvalue weighted by molar-refractivity contribution is -0.0165. The van der Waals surface area contributed by atoms with Crippen LogP contribution in [0.2, 0.25) is 0 Å². The fraction of sp³-hybridized carbons (Fsp3) is 1.00. The van der Waals surface area contributed by atoms with Crippen molar-refractivity contribution in [3.63, 3.8) is 0 Å². The third kappa shape index (κ3) is 2.71. The molecular formula is C12H24N2O. The predicted octanol–water partition coefficient (Wildman–Crippen LogP) is 1.24. The molecule has 0 aromatic carbocycles. The SMILES string of the molecule is CC1CCN(C2(C)CCOCC2)CCN1. The van der Waals surface area contributed by atoms with Crippen molar-refractivity contribution in [2.75, 3.05) is 32.8 Å². The van der Waals surface area contributed by atoms with Gasteiger partial charge in [-0.15, -0.1) is 0 Å². The van der Waals surface area contributed by atoms with Gasteiger partial charge in [0.05, 0.1) is 0 Å². The molecular weight excluding hydrogens is 188 g/mol. The molecule has 0 aliphatic carbocycles. The zero-order valence-electron chi connectivity index (χ0n) is 10.1. The van der Waals surface area contributed by atoms with Crippen molar-refractivity contribution >= 4 is 0 Å². The van der Waals surface area contributed by atoms with Gasteiger partial charge < -0.3 is 10.1 Å². The molecule has 2 aliphatic heterocycles. The first-order chi connectivity index (χ1) is 7.21. The molecule has 2 fully saturated rings. The van der Waals surface area contributed by atoms with Gasteiger partial charge in [0, 0.05) is 44.4 Å². The van der Waals surface area contributed by atoms with Crippen LogP contribution in [-0.4, -0.2) is 49.3 Å². The van der Waals surface area contributed by atoms with E-state index in [-0.39, 0.29) is 0 Å². The summed E-state index contributed by atoms with van der Waals surface area (Å²) >= 11 is 0. The zero-order chi connectivity index (χ0) is 10.7. The Hall–Kier alpha value is -0.120. The van der Waals surface area contributed by atoms with Crippen molar-refractivity contribution in [3.8, 4) is 0 Å². The molecule has 0 radical (unpaired) electrons. The van der Waals surface area contributed by atoms with E-state index < -0.39 is 0 Å². The molecule has 1 unspecified atom stereocenters. The van der Waals surface area contributed by atoms with E-state index in [0.29, 0.717) is 11.6 Å². The first-order valence-electron chi connectivity index (χ1n) is 6.27. The highest BCUT2D eigenvalue weighted by Gasteiger charge is 2.34. The summed E-state index contributed by atoms with van der Waals surface area (Å²) in [5.74, 6) is 0. The van der Waals surface area contributed by atoms with Crippen molar-refractivity contribution in [2.45, 2.75) is 44.7 Å². The smallest absolute Gasteiger partial charge is 0.0483 e. The lowest BCUT2D eigenvalue weighted by Crippen LogP contribution is -2.51. The number of hydrogen-bond donors (Lipinski definition) is 1. The summed E-state index contributed by atoms with van der Waals surface area (Å²) in [5.41, 5.74) is 0.393. The second-order valence-corrected chi connectivity index (χ2v) is 5.24. The summed E-state index contributed by atoms with van der Waals surface area (Å²) in [6.07, 6.45) is 3.67. The summed E-state index contributed by atoms with van der Waals surface area (Å²) < 4.78 is 5.47. The number of rotatable bonds is 1. The number of nitrogens with one attached hydrogen (secondary N) is 1. The molecule has 0 spiro atoms. The van der Waals surface area contributed by atoms with Crippen LogP contribution in [0.25, 0.3) is 0 Å². The Bertz CT molecular complexity index is 202. The molecule has 2 heterocycles. The van der Waals surface area contributed by atoms with Crippen LogP contribution in [0.1, 0.15) is 33.1 Å². The van der Waals surface area contributed by atoms with Crippen molar-refractivity contribution in [1.82, 2.24) is 10.2 Å². The van der Waals surface area contributed by atoms with Gasteiger partial charge in [-0.1, -0.05) is 0 Å². The molecule has 15 heavy (non-hydrogen) atoms. The highest BCUT2D eigenvalue weighted by atomic mass is 16.5. The lowest BCUT2D eigenvalue weighted by Gasteiger charge is -2.43. The van der Waals surface area contributed by atoms with E-state index in [4.69, 9.17) is 4.74 Å². The molecule has 1 N–H and O–H groups in total. The molecule has 3 nitrogen and oxygen atoms in total. The Morgan fingerprint density at radius 3 is 2.73 bits per heavy atom. The van der Waals surface area contributed by atoms with Gasteiger partial charge in [-0.05, 0) is 33.1 Å². The van der Waals surface area contributed by atoms with Crippen molar-refractivity contribution < 1.29 is 4.74 Å². The van der Waals surface area contributed by atoms with Crippen LogP contribution in [0.3, 0.4) is 0 Å². The van der Waals surface area contributed by atoms with Crippen LogP contribution >= 0.6 is 0 Å². The van der Waals surface area contributed by atoms with Gasteiger partial charge in [-0.3, -0.25) is 4.90 Å². The largest absolute Gasteiger partial charge is 0.381 e. The van der Waals surface area contributed by atoms with E-state index in [1.807, 2.05) is 0 Å². The predicted molar refractivity (Wildman–Crippen MR) is 62.1 cm³/mol. The first-order valence-corrected chi connectivity index (χ1v) is 6.27. The summed E-state index contributed by atoms with van der Waals surface area (Å²) in [7, 11) is 0. The minimum atomic E-state index is 0.393. The Kier molecular flexibility index (Phi) is 3.65. The maximum Gasteiger partial charge on any atom is 0.0483 e. The molecule has 88 valence electrons. The van der Waals surface area contributed by atoms with Crippen LogP contribution < -0.4 is 5.32 Å². The quantitative estimate of drug-likeness (QED) is 0.708. The Labute approximate surface area is 93.2 Å². The third-order valence-electron chi connectivity index (χ3n) is 4.04. The van der Waals surface area contributed by atoms with E-state index >= 15 is 0 Å². The van der Waals surface area contributed by atoms with Crippen molar-refractivity contribution in [2.24, 2.45) is 0 Å². The average molecular weight is 212 g/mol. The van der Waals surface area contributed by atoms with Crippen molar-refractivity contribution in [3.05, 3.63) is 0 Å². The summed E-state index contributed by atoms with van der Waals surface area (Å²) in [6.45, 7) is 10.1. The van der Waals surface area contributed by atoms with E-state index in [9.17, 15) is 0 Å². The average Bonchev–Trinajstić information content (AvgIpc) is 2.44. The highest BCUT2D eigenvalue weighted by molar-refractivity contribution is 4.90. The second kappa shape index (κ2) is 4.81. The van der Waals surface area contributed by atoms with Crippen molar-refractivity contribution in [1.29, 1.82) is 0 Å². The van der Waals surface area contributed by atoms with Gasteiger partial charge in [0.1, 0.15) is 0 Å². The summed E-state index contributed by atoms with van der Waals surface area (Å²) in [4.78, 5) is 2.67. The minimum Gasteiger partial charge on any atom is -0.381 e. The molecule has 0 aromatic heterocycles. The maximum atomic E-state index is 5.47. The monoisotopic (exact) mass is 212 g/mol. The van der Waals surface area contributed by atoms with Crippen LogP contribution in [0.4, 0.5) is 0 Å². The topological polar surface area (TPSA) is 24.5 Å². The van der Waals surface area contributed by atoms with Crippen LogP contribution in [0.5, 0.6) is 0 Å². The van der Waals surface area contributed by atoms with Gasteiger partial charge in [-0.2, -0.15) is 0 Å². The number of nitrogens with zero attached hydrogens (tertiary/aromatic N) is 1. The number of hydrogen-bond acceptors (Lipinski definition) is 3. The van der Waals surface area contributed by atoms with E-state index in [2.05, 4.69) is 24.1 Å². The lowest BCUT2D eigenvalue weighted by atomic mass is 9.90. The molecule has 0 bridgehead atoms. The molecule has 0 amide bonds. The fourth-order valence-corrected chi connectivity index (χ4v) is 2.68. The molecule has 3 heteroatoms. The van der Waals surface area contributed by atoms with E-state index in [1.54, 1.807) is 0 Å². The van der Waals surface area contributed by atoms with Gasteiger partial charge in [0.15, 0.2) is 0 Å².